The number of carbonyl (C=O) groups excluding carboxylic acids is 2. The standard InChI is InChI=1S/C22H21N3O3S/c26-20-10-17(11-25(20)12-18-5-2-8-28-18)21(27)24-22-23-19(13-29-22)16-7-6-14-3-1-4-15(14)9-16/h2,5-9,13,17H,1,3-4,10-12H2,(H,23,24,27)/t17-/m0/s1. The van der Waals surface area contributed by atoms with Crippen molar-refractivity contribution in [2.45, 2.75) is 32.2 Å². The third kappa shape index (κ3) is 3.70. The maximum Gasteiger partial charge on any atom is 0.231 e. The number of thiazole rings is 1. The van der Waals surface area contributed by atoms with Crippen LogP contribution in [-0.2, 0) is 29.0 Å². The summed E-state index contributed by atoms with van der Waals surface area (Å²) in [4.78, 5) is 31.2. The highest BCUT2D eigenvalue weighted by molar-refractivity contribution is 7.14. The lowest BCUT2D eigenvalue weighted by atomic mass is 10.1. The molecule has 3 heterocycles. The molecule has 5 rings (SSSR count). The molecule has 0 spiro atoms. The minimum Gasteiger partial charge on any atom is -0.467 e. The smallest absolute Gasteiger partial charge is 0.231 e. The molecule has 1 fully saturated rings. The molecule has 148 valence electrons. The van der Waals surface area contributed by atoms with E-state index in [4.69, 9.17) is 4.42 Å². The van der Waals surface area contributed by atoms with E-state index in [0.717, 1.165) is 29.9 Å². The molecule has 2 aliphatic rings. The maximum atomic E-state index is 12.7. The number of benzene rings is 1. The van der Waals surface area contributed by atoms with Crippen molar-refractivity contribution in [2.24, 2.45) is 5.92 Å². The third-order valence-electron chi connectivity index (χ3n) is 5.64. The van der Waals surface area contributed by atoms with Crippen molar-refractivity contribution in [3.63, 3.8) is 0 Å². The van der Waals surface area contributed by atoms with E-state index in [9.17, 15) is 9.59 Å². The molecule has 0 saturated carbocycles. The van der Waals surface area contributed by atoms with Gasteiger partial charge >= 0.3 is 0 Å². The first-order valence-electron chi connectivity index (χ1n) is 9.84. The van der Waals surface area contributed by atoms with Crippen molar-refractivity contribution in [3.8, 4) is 11.3 Å². The number of hydrogen-bond donors (Lipinski definition) is 1. The van der Waals surface area contributed by atoms with Crippen LogP contribution in [0.2, 0.25) is 0 Å². The Morgan fingerprint density at radius 1 is 1.28 bits per heavy atom. The third-order valence-corrected chi connectivity index (χ3v) is 6.40. The van der Waals surface area contributed by atoms with Gasteiger partial charge in [0, 0.05) is 23.9 Å². The van der Waals surface area contributed by atoms with Gasteiger partial charge in [-0.2, -0.15) is 0 Å². The molecule has 3 aromatic rings. The number of carbonyl (C=O) groups is 2. The van der Waals surface area contributed by atoms with E-state index < -0.39 is 0 Å². The van der Waals surface area contributed by atoms with Crippen LogP contribution in [0, 0.1) is 5.92 Å². The summed E-state index contributed by atoms with van der Waals surface area (Å²) in [6.07, 6.45) is 5.30. The molecule has 2 amide bonds. The van der Waals surface area contributed by atoms with Gasteiger partial charge in [0.05, 0.1) is 24.4 Å². The van der Waals surface area contributed by atoms with Crippen LogP contribution in [0.3, 0.4) is 0 Å². The number of hydrogen-bond acceptors (Lipinski definition) is 5. The number of nitrogens with zero attached hydrogens (tertiary/aromatic N) is 2. The van der Waals surface area contributed by atoms with E-state index in [1.54, 1.807) is 17.2 Å². The Balaban J connectivity index is 1.23. The van der Waals surface area contributed by atoms with Crippen molar-refractivity contribution in [1.29, 1.82) is 0 Å². The largest absolute Gasteiger partial charge is 0.467 e. The predicted octanol–water partition coefficient (Wildman–Crippen LogP) is 3.88. The van der Waals surface area contributed by atoms with E-state index in [-0.39, 0.29) is 24.2 Å². The van der Waals surface area contributed by atoms with Gasteiger partial charge in [0.2, 0.25) is 11.8 Å². The fourth-order valence-corrected chi connectivity index (χ4v) is 4.82. The molecule has 1 N–H and O–H groups in total. The molecule has 29 heavy (non-hydrogen) atoms. The maximum absolute atomic E-state index is 12.7. The van der Waals surface area contributed by atoms with Crippen molar-refractivity contribution in [2.75, 3.05) is 11.9 Å². The molecule has 1 aliphatic heterocycles. The predicted molar refractivity (Wildman–Crippen MR) is 110 cm³/mol. The molecule has 2 aromatic heterocycles. The van der Waals surface area contributed by atoms with Crippen LogP contribution >= 0.6 is 11.3 Å². The molecule has 1 saturated heterocycles. The normalized spacial score (nSPS) is 18.3. The van der Waals surface area contributed by atoms with Gasteiger partial charge < -0.3 is 14.6 Å². The van der Waals surface area contributed by atoms with E-state index in [1.807, 2.05) is 11.4 Å². The molecule has 1 atom stereocenters. The van der Waals surface area contributed by atoms with Gasteiger partial charge in [0.25, 0.3) is 0 Å². The number of furan rings is 1. The first-order chi connectivity index (χ1) is 14.2. The van der Waals surface area contributed by atoms with Gasteiger partial charge in [-0.05, 0) is 48.6 Å². The summed E-state index contributed by atoms with van der Waals surface area (Å²) >= 11 is 1.41. The van der Waals surface area contributed by atoms with E-state index >= 15 is 0 Å². The number of anilines is 1. The number of likely N-dealkylation sites (tertiary alicyclic amines) is 1. The average Bonchev–Trinajstić information content (AvgIpc) is 3.49. The van der Waals surface area contributed by atoms with Crippen molar-refractivity contribution < 1.29 is 14.0 Å². The summed E-state index contributed by atoms with van der Waals surface area (Å²) in [5, 5.41) is 5.43. The van der Waals surface area contributed by atoms with Gasteiger partial charge in [0.15, 0.2) is 5.13 Å². The highest BCUT2D eigenvalue weighted by atomic mass is 32.1. The second-order valence-corrected chi connectivity index (χ2v) is 8.48. The summed E-state index contributed by atoms with van der Waals surface area (Å²) in [6, 6.07) is 10.1. The van der Waals surface area contributed by atoms with E-state index in [2.05, 4.69) is 28.5 Å². The molecular weight excluding hydrogens is 386 g/mol. The lowest BCUT2D eigenvalue weighted by molar-refractivity contribution is -0.128. The van der Waals surface area contributed by atoms with Crippen molar-refractivity contribution in [1.82, 2.24) is 9.88 Å². The van der Waals surface area contributed by atoms with Gasteiger partial charge in [-0.3, -0.25) is 9.59 Å². The zero-order chi connectivity index (χ0) is 19.8. The molecule has 0 bridgehead atoms. The van der Waals surface area contributed by atoms with Gasteiger partial charge in [-0.1, -0.05) is 12.1 Å². The zero-order valence-electron chi connectivity index (χ0n) is 15.9. The number of aromatic nitrogens is 1. The number of rotatable bonds is 5. The monoisotopic (exact) mass is 407 g/mol. The van der Waals surface area contributed by atoms with Crippen LogP contribution < -0.4 is 5.32 Å². The fourth-order valence-electron chi connectivity index (χ4n) is 4.09. The van der Waals surface area contributed by atoms with Crippen LogP contribution in [0.5, 0.6) is 0 Å². The minimum atomic E-state index is -0.371. The van der Waals surface area contributed by atoms with E-state index in [1.165, 1.54) is 28.9 Å². The van der Waals surface area contributed by atoms with Crippen LogP contribution in [0.4, 0.5) is 5.13 Å². The molecule has 6 nitrogen and oxygen atoms in total. The summed E-state index contributed by atoms with van der Waals surface area (Å²) in [6.45, 7) is 0.795. The lowest BCUT2D eigenvalue weighted by Gasteiger charge is -2.14. The Morgan fingerprint density at radius 3 is 3.03 bits per heavy atom. The summed E-state index contributed by atoms with van der Waals surface area (Å²) in [7, 11) is 0. The molecular formula is C22H21N3O3S. The highest BCUT2D eigenvalue weighted by Gasteiger charge is 2.35. The number of nitrogens with one attached hydrogen (secondary N) is 1. The molecule has 1 aromatic carbocycles. The van der Waals surface area contributed by atoms with Crippen LogP contribution in [0.15, 0.2) is 46.4 Å². The zero-order valence-corrected chi connectivity index (χ0v) is 16.7. The van der Waals surface area contributed by atoms with Crippen LogP contribution in [0.1, 0.15) is 29.7 Å². The second-order valence-electron chi connectivity index (χ2n) is 7.62. The van der Waals surface area contributed by atoms with Crippen molar-refractivity contribution in [3.05, 3.63) is 58.9 Å². The molecule has 0 unspecified atom stereocenters. The summed E-state index contributed by atoms with van der Waals surface area (Å²) in [5.41, 5.74) is 4.80. The fraction of sp³-hybridized carbons (Fsp3) is 0.318. The Bertz CT molecular complexity index is 1060. The first-order valence-corrected chi connectivity index (χ1v) is 10.7. The first kappa shape index (κ1) is 18.1. The summed E-state index contributed by atoms with van der Waals surface area (Å²) in [5.74, 6) is 0.165. The van der Waals surface area contributed by atoms with Gasteiger partial charge in [0.1, 0.15) is 5.76 Å². The average molecular weight is 407 g/mol. The summed E-state index contributed by atoms with van der Waals surface area (Å²) < 4.78 is 5.30. The second kappa shape index (κ2) is 7.48. The number of amides is 2. The van der Waals surface area contributed by atoms with Crippen LogP contribution in [-0.4, -0.2) is 28.2 Å². The van der Waals surface area contributed by atoms with Gasteiger partial charge in [-0.25, -0.2) is 4.98 Å². The quantitative estimate of drug-likeness (QED) is 0.696. The Hall–Kier alpha value is -2.93. The SMILES string of the molecule is O=C(Nc1nc(-c2ccc3c(c2)CCC3)cs1)[C@H]1CC(=O)N(Cc2ccco2)C1. The minimum absolute atomic E-state index is 0.0282. The van der Waals surface area contributed by atoms with Crippen molar-refractivity contribution >= 4 is 28.3 Å². The topological polar surface area (TPSA) is 75.4 Å². The Kier molecular flexibility index (Phi) is 4.67. The number of aryl methyl sites for hydroxylation is 2. The highest BCUT2D eigenvalue weighted by Crippen LogP contribution is 2.30. The van der Waals surface area contributed by atoms with E-state index in [0.29, 0.717) is 18.2 Å². The molecule has 1 aliphatic carbocycles. The van der Waals surface area contributed by atoms with Gasteiger partial charge in [-0.15, -0.1) is 11.3 Å². The van der Waals surface area contributed by atoms with Crippen LogP contribution in [0.25, 0.3) is 11.3 Å². The molecule has 7 heteroatoms. The Morgan fingerprint density at radius 2 is 2.17 bits per heavy atom. The lowest BCUT2D eigenvalue weighted by Crippen LogP contribution is -2.27. The molecule has 0 radical (unpaired) electrons. The number of fused-ring (bicyclic) bond motifs is 1. The Labute approximate surface area is 172 Å².